The number of benzene rings is 1. The average Bonchev–Trinajstić information content (AvgIpc) is 2.79. The third-order valence-electron chi connectivity index (χ3n) is 2.95. The predicted molar refractivity (Wildman–Crippen MR) is 85.0 cm³/mol. The van der Waals surface area contributed by atoms with Gasteiger partial charge in [-0.2, -0.15) is 0 Å². The Hall–Kier alpha value is -2.25. The first-order chi connectivity index (χ1) is 10.1. The van der Waals surface area contributed by atoms with Crippen molar-refractivity contribution in [2.75, 3.05) is 0 Å². The third kappa shape index (κ3) is 2.41. The summed E-state index contributed by atoms with van der Waals surface area (Å²) in [5, 5.41) is -0.00940. The molecule has 106 valence electrons. The molecule has 0 unspecified atom stereocenters. The molecule has 0 amide bonds. The van der Waals surface area contributed by atoms with E-state index in [9.17, 15) is 4.79 Å². The number of nitrogens with two attached hydrogens (primary N) is 1. The van der Waals surface area contributed by atoms with Gasteiger partial charge in [-0.1, -0.05) is 36.0 Å². The normalized spacial score (nSPS) is 10.9. The number of halogens is 1. The van der Waals surface area contributed by atoms with Gasteiger partial charge in [0.1, 0.15) is 10.8 Å². The molecule has 21 heavy (non-hydrogen) atoms. The summed E-state index contributed by atoms with van der Waals surface area (Å²) in [5.74, 6) is 0.893. The second-order valence-electron chi connectivity index (χ2n) is 4.36. The van der Waals surface area contributed by atoms with Crippen LogP contribution in [0.15, 0.2) is 35.4 Å². The Morgan fingerprint density at radius 1 is 1.43 bits per heavy atom. The Balaban J connectivity index is 2.36. The summed E-state index contributed by atoms with van der Waals surface area (Å²) in [7, 11) is 0. The molecule has 0 saturated carbocycles. The molecule has 2 aromatic heterocycles. The molecular formula is C13H10ClN5OS. The van der Waals surface area contributed by atoms with E-state index in [2.05, 4.69) is 15.0 Å². The van der Waals surface area contributed by atoms with Gasteiger partial charge in [0.05, 0.1) is 28.8 Å². The molecule has 0 aliphatic carbocycles. The maximum absolute atomic E-state index is 11.7. The Labute approximate surface area is 129 Å². The van der Waals surface area contributed by atoms with Crippen molar-refractivity contribution in [2.45, 2.75) is 6.42 Å². The molecule has 6 nitrogen and oxygen atoms in total. The minimum Gasteiger partial charge on any atom is -0.393 e. The molecule has 3 rings (SSSR count). The third-order valence-corrected chi connectivity index (χ3v) is 3.44. The fourth-order valence-corrected chi connectivity index (χ4v) is 2.43. The van der Waals surface area contributed by atoms with Crippen LogP contribution < -0.4 is 11.3 Å². The van der Waals surface area contributed by atoms with Crippen molar-refractivity contribution in [2.24, 2.45) is 5.73 Å². The van der Waals surface area contributed by atoms with E-state index in [1.165, 1.54) is 6.33 Å². The zero-order chi connectivity index (χ0) is 15.0. The number of nitrogens with zero attached hydrogens (tertiary/aromatic N) is 3. The van der Waals surface area contributed by atoms with Gasteiger partial charge in [-0.3, -0.25) is 9.36 Å². The highest BCUT2D eigenvalue weighted by molar-refractivity contribution is 7.80. The van der Waals surface area contributed by atoms with E-state index in [1.807, 2.05) is 24.3 Å². The van der Waals surface area contributed by atoms with Gasteiger partial charge in [-0.05, 0) is 12.1 Å². The number of H-pyrrole nitrogens is 1. The van der Waals surface area contributed by atoms with E-state index in [-0.39, 0.29) is 11.4 Å². The van der Waals surface area contributed by atoms with Gasteiger partial charge in [-0.25, -0.2) is 9.97 Å². The lowest BCUT2D eigenvalue weighted by Gasteiger charge is -2.08. The number of thiocarbonyl (C=S) groups is 1. The summed E-state index contributed by atoms with van der Waals surface area (Å²) in [6.45, 7) is 0. The van der Waals surface area contributed by atoms with Crippen molar-refractivity contribution in [3.63, 3.8) is 0 Å². The zero-order valence-corrected chi connectivity index (χ0v) is 12.3. The molecule has 0 radical (unpaired) electrons. The smallest absolute Gasteiger partial charge is 0.271 e. The van der Waals surface area contributed by atoms with Crippen LogP contribution >= 0.6 is 23.8 Å². The lowest BCUT2D eigenvalue weighted by molar-refractivity contribution is 0.914. The first-order valence-electron chi connectivity index (χ1n) is 6.06. The van der Waals surface area contributed by atoms with Crippen molar-refractivity contribution in [3.8, 4) is 5.82 Å². The standard InChI is InChI=1S/C13H10ClN5OS/c14-11-12(16-6-17-13(11)20)19-8-4-2-1-3-7(8)18-10(19)5-9(15)21/h1-4,6H,5H2,(H2,15,21)(H,16,17,20). The number of imidazole rings is 1. The number of fused-ring (bicyclic) bond motifs is 1. The molecule has 8 heteroatoms. The average molecular weight is 320 g/mol. The topological polar surface area (TPSA) is 89.6 Å². The largest absolute Gasteiger partial charge is 0.393 e. The zero-order valence-electron chi connectivity index (χ0n) is 10.7. The van der Waals surface area contributed by atoms with Gasteiger partial charge < -0.3 is 10.7 Å². The van der Waals surface area contributed by atoms with Crippen LogP contribution in [-0.4, -0.2) is 24.5 Å². The Morgan fingerprint density at radius 2 is 2.19 bits per heavy atom. The molecule has 0 fully saturated rings. The number of hydrogen-bond donors (Lipinski definition) is 2. The van der Waals surface area contributed by atoms with Gasteiger partial charge in [0.15, 0.2) is 5.82 Å². The van der Waals surface area contributed by atoms with E-state index in [0.29, 0.717) is 16.6 Å². The van der Waals surface area contributed by atoms with Gasteiger partial charge in [0.25, 0.3) is 5.56 Å². The summed E-state index contributed by atoms with van der Waals surface area (Å²) < 4.78 is 1.70. The van der Waals surface area contributed by atoms with Gasteiger partial charge >= 0.3 is 0 Å². The monoisotopic (exact) mass is 319 g/mol. The van der Waals surface area contributed by atoms with Crippen molar-refractivity contribution in [3.05, 3.63) is 51.8 Å². The Bertz CT molecular complexity index is 901. The number of hydrogen-bond acceptors (Lipinski definition) is 4. The summed E-state index contributed by atoms with van der Waals surface area (Å²) in [6, 6.07) is 7.46. The van der Waals surface area contributed by atoms with Crippen LogP contribution in [-0.2, 0) is 6.42 Å². The van der Waals surface area contributed by atoms with Crippen LogP contribution in [0.2, 0.25) is 5.02 Å². The van der Waals surface area contributed by atoms with Crippen molar-refractivity contribution in [1.29, 1.82) is 0 Å². The maximum Gasteiger partial charge on any atom is 0.271 e. The number of rotatable bonds is 3. The number of aromatic amines is 1. The summed E-state index contributed by atoms with van der Waals surface area (Å²) >= 11 is 11.0. The van der Waals surface area contributed by atoms with Crippen LogP contribution in [0.3, 0.4) is 0 Å². The SMILES string of the molecule is NC(=S)Cc1nc2ccccc2n1-c1nc[nH]c(=O)c1Cl. The Kier molecular flexibility index (Phi) is 3.44. The molecule has 3 N–H and O–H groups in total. The first-order valence-corrected chi connectivity index (χ1v) is 6.85. The van der Waals surface area contributed by atoms with Gasteiger partial charge in [-0.15, -0.1) is 0 Å². The lowest BCUT2D eigenvalue weighted by atomic mass is 10.3. The lowest BCUT2D eigenvalue weighted by Crippen LogP contribution is -2.17. The molecular weight excluding hydrogens is 310 g/mol. The van der Waals surface area contributed by atoms with E-state index in [0.717, 1.165) is 11.0 Å². The molecule has 3 aromatic rings. The minimum absolute atomic E-state index is 0.00940. The fourth-order valence-electron chi connectivity index (χ4n) is 2.12. The quantitative estimate of drug-likeness (QED) is 0.716. The number of para-hydroxylation sites is 2. The second kappa shape index (κ2) is 5.27. The molecule has 0 aliphatic rings. The minimum atomic E-state index is -0.416. The van der Waals surface area contributed by atoms with Crippen molar-refractivity contribution >= 4 is 39.8 Å². The van der Waals surface area contributed by atoms with E-state index < -0.39 is 5.56 Å². The molecule has 0 spiro atoms. The summed E-state index contributed by atoms with van der Waals surface area (Å²) in [6.07, 6.45) is 1.58. The highest BCUT2D eigenvalue weighted by atomic mass is 35.5. The van der Waals surface area contributed by atoms with Crippen LogP contribution in [0, 0.1) is 0 Å². The van der Waals surface area contributed by atoms with E-state index in [4.69, 9.17) is 29.6 Å². The van der Waals surface area contributed by atoms with Gasteiger partial charge in [0.2, 0.25) is 0 Å². The van der Waals surface area contributed by atoms with E-state index in [1.54, 1.807) is 4.57 Å². The van der Waals surface area contributed by atoms with Gasteiger partial charge in [0, 0.05) is 0 Å². The molecule has 0 aliphatic heterocycles. The van der Waals surface area contributed by atoms with Crippen LogP contribution in [0.5, 0.6) is 0 Å². The first kappa shape index (κ1) is 13.7. The second-order valence-corrected chi connectivity index (χ2v) is 5.27. The van der Waals surface area contributed by atoms with Crippen molar-refractivity contribution in [1.82, 2.24) is 19.5 Å². The molecule has 0 saturated heterocycles. The molecule has 0 bridgehead atoms. The molecule has 2 heterocycles. The highest BCUT2D eigenvalue weighted by Gasteiger charge is 2.17. The predicted octanol–water partition coefficient (Wildman–Crippen LogP) is 1.59. The number of nitrogens with one attached hydrogen (secondary N) is 1. The number of aromatic nitrogens is 4. The van der Waals surface area contributed by atoms with Crippen LogP contribution in [0.1, 0.15) is 5.82 Å². The summed E-state index contributed by atoms with van der Waals surface area (Å²) in [5.41, 5.74) is 6.74. The van der Waals surface area contributed by atoms with Crippen LogP contribution in [0.25, 0.3) is 16.9 Å². The highest BCUT2D eigenvalue weighted by Crippen LogP contribution is 2.23. The van der Waals surface area contributed by atoms with Crippen LogP contribution in [0.4, 0.5) is 0 Å². The molecule has 1 aromatic carbocycles. The fraction of sp³-hybridized carbons (Fsp3) is 0.0769. The summed E-state index contributed by atoms with van der Waals surface area (Å²) in [4.78, 5) is 23.1. The maximum atomic E-state index is 11.7. The Morgan fingerprint density at radius 3 is 2.95 bits per heavy atom. The van der Waals surface area contributed by atoms with E-state index >= 15 is 0 Å². The molecule has 0 atom stereocenters. The van der Waals surface area contributed by atoms with Crippen molar-refractivity contribution < 1.29 is 0 Å².